The number of rotatable bonds is 10. The second-order valence-electron chi connectivity index (χ2n) is 10.1. The van der Waals surface area contributed by atoms with Crippen LogP contribution in [0.25, 0.3) is 5.82 Å². The Hall–Kier alpha value is -5.03. The van der Waals surface area contributed by atoms with E-state index in [9.17, 15) is 35.9 Å². The highest BCUT2D eigenvalue weighted by Crippen LogP contribution is 2.27. The average Bonchev–Trinajstić information content (AvgIpc) is 3.64. The summed E-state index contributed by atoms with van der Waals surface area (Å²) in [5.41, 5.74) is 1.04. The zero-order valence-corrected chi connectivity index (χ0v) is 25.8. The van der Waals surface area contributed by atoms with Gasteiger partial charge in [-0.15, -0.1) is 23.4 Å². The van der Waals surface area contributed by atoms with E-state index in [0.29, 0.717) is 15.9 Å². The Morgan fingerprint density at radius 3 is 2.44 bits per heavy atom. The summed E-state index contributed by atoms with van der Waals surface area (Å²) in [6.45, 7) is 1.04. The summed E-state index contributed by atoms with van der Waals surface area (Å²) in [4.78, 5) is 32.0. The lowest BCUT2D eigenvalue weighted by atomic mass is 9.95. The molecule has 0 fully saturated rings. The van der Waals surface area contributed by atoms with E-state index in [4.69, 9.17) is 23.2 Å². The number of benzene rings is 2. The summed E-state index contributed by atoms with van der Waals surface area (Å²) in [6, 6.07) is 12.2. The van der Waals surface area contributed by atoms with E-state index in [1.54, 1.807) is 6.92 Å². The van der Waals surface area contributed by atoms with Crippen molar-refractivity contribution in [3.05, 3.63) is 110 Å². The average molecular weight is 713 g/mol. The highest BCUT2D eigenvalue weighted by molar-refractivity contribution is 6.32. The minimum absolute atomic E-state index is 0.0182. The number of ketones is 1. The first-order chi connectivity index (χ1) is 22.6. The van der Waals surface area contributed by atoms with E-state index in [1.165, 1.54) is 48.7 Å². The largest absolute Gasteiger partial charge is 0.573 e. The molecule has 0 aliphatic carbocycles. The molecule has 3 heterocycles. The molecule has 0 spiro atoms. The van der Waals surface area contributed by atoms with Crippen molar-refractivity contribution in [2.45, 2.75) is 39.0 Å². The van der Waals surface area contributed by atoms with Gasteiger partial charge in [-0.2, -0.15) is 23.1 Å². The van der Waals surface area contributed by atoms with Crippen LogP contribution in [0.4, 0.5) is 26.3 Å². The van der Waals surface area contributed by atoms with Crippen LogP contribution in [0, 0.1) is 6.92 Å². The van der Waals surface area contributed by atoms with E-state index in [2.05, 4.69) is 35.5 Å². The molecular formula is C29H20Cl2F6N8O3. The molecule has 0 bridgehead atoms. The molecule has 0 saturated carbocycles. The molecule has 2 aromatic carbocycles. The van der Waals surface area contributed by atoms with Crippen LogP contribution in [0.1, 0.15) is 49.1 Å². The third-order valence-corrected chi connectivity index (χ3v) is 7.11. The van der Waals surface area contributed by atoms with E-state index >= 15 is 0 Å². The predicted octanol–water partition coefficient (Wildman–Crippen LogP) is 6.19. The number of aromatic nitrogens is 7. The normalized spacial score (nSPS) is 11.9. The smallest absolute Gasteiger partial charge is 0.406 e. The zero-order valence-electron chi connectivity index (χ0n) is 24.3. The fourth-order valence-electron chi connectivity index (χ4n) is 4.56. The molecule has 5 aromatic rings. The lowest BCUT2D eigenvalue weighted by molar-refractivity contribution is -0.274. The van der Waals surface area contributed by atoms with Crippen LogP contribution < -0.4 is 10.1 Å². The maximum Gasteiger partial charge on any atom is 0.573 e. The van der Waals surface area contributed by atoms with Crippen molar-refractivity contribution in [3.8, 4) is 11.6 Å². The Kier molecular flexibility index (Phi) is 9.72. The first-order valence-corrected chi connectivity index (χ1v) is 14.3. The number of Topliss-reactive ketones (excluding diaryl/α,β-unsaturated/α-hetero) is 1. The minimum Gasteiger partial charge on any atom is -0.406 e. The van der Waals surface area contributed by atoms with E-state index in [0.717, 1.165) is 16.8 Å². The van der Waals surface area contributed by atoms with Crippen molar-refractivity contribution in [3.63, 3.8) is 0 Å². The number of carbonyl (C=O) groups is 2. The number of hydrogen-bond acceptors (Lipinski definition) is 8. The molecule has 5 rings (SSSR count). The quantitative estimate of drug-likeness (QED) is 0.134. The molecule has 11 nitrogen and oxygen atoms in total. The monoisotopic (exact) mass is 712 g/mol. The van der Waals surface area contributed by atoms with Gasteiger partial charge in [-0.25, -0.2) is 9.67 Å². The van der Waals surface area contributed by atoms with Crippen LogP contribution >= 0.6 is 23.2 Å². The van der Waals surface area contributed by atoms with Gasteiger partial charge in [-0.1, -0.05) is 35.3 Å². The number of alkyl halides is 6. The Morgan fingerprint density at radius 2 is 1.75 bits per heavy atom. The van der Waals surface area contributed by atoms with Crippen LogP contribution in [0.2, 0.25) is 10.0 Å². The Bertz CT molecular complexity index is 1990. The third kappa shape index (κ3) is 8.27. The van der Waals surface area contributed by atoms with Gasteiger partial charge < -0.3 is 10.1 Å². The molecule has 48 heavy (non-hydrogen) atoms. The first kappa shape index (κ1) is 34.3. The van der Waals surface area contributed by atoms with Crippen LogP contribution in [-0.2, 0) is 25.7 Å². The molecule has 19 heteroatoms. The lowest BCUT2D eigenvalue weighted by Crippen LogP contribution is -2.25. The topological polar surface area (TPSA) is 130 Å². The van der Waals surface area contributed by atoms with E-state index in [1.807, 2.05) is 0 Å². The fraction of sp³-hybridized carbons (Fsp3) is 0.207. The number of nitrogens with zero attached hydrogens (tertiary/aromatic N) is 7. The number of tetrazole rings is 1. The fourth-order valence-corrected chi connectivity index (χ4v) is 5.04. The number of pyridine rings is 1. The molecule has 250 valence electrons. The molecule has 1 amide bonds. The van der Waals surface area contributed by atoms with Crippen LogP contribution in [0.3, 0.4) is 0 Å². The second-order valence-corrected chi connectivity index (χ2v) is 11.0. The zero-order chi connectivity index (χ0) is 34.8. The summed E-state index contributed by atoms with van der Waals surface area (Å²) >= 11 is 12.6. The summed E-state index contributed by atoms with van der Waals surface area (Å²) in [7, 11) is 0. The van der Waals surface area contributed by atoms with Gasteiger partial charge in [0.25, 0.3) is 11.7 Å². The van der Waals surface area contributed by atoms with Gasteiger partial charge in [0.2, 0.25) is 0 Å². The van der Waals surface area contributed by atoms with Crippen molar-refractivity contribution < 1.29 is 40.7 Å². The summed E-state index contributed by atoms with van der Waals surface area (Å²) in [6.07, 6.45) is -8.71. The molecule has 0 atom stereocenters. The molecule has 3 aromatic heterocycles. The number of ether oxygens (including phenoxy) is 1. The molecule has 0 unspecified atom stereocenters. The van der Waals surface area contributed by atoms with Crippen molar-refractivity contribution in [1.82, 2.24) is 40.3 Å². The van der Waals surface area contributed by atoms with Crippen molar-refractivity contribution >= 4 is 34.9 Å². The summed E-state index contributed by atoms with van der Waals surface area (Å²) < 4.78 is 81.9. The first-order valence-electron chi connectivity index (χ1n) is 13.6. The van der Waals surface area contributed by atoms with Gasteiger partial charge in [0.1, 0.15) is 18.0 Å². The molecular weight excluding hydrogens is 693 g/mol. The molecule has 0 aliphatic heterocycles. The lowest BCUT2D eigenvalue weighted by Gasteiger charge is -2.15. The van der Waals surface area contributed by atoms with Crippen molar-refractivity contribution in [1.29, 1.82) is 0 Å². The predicted molar refractivity (Wildman–Crippen MR) is 157 cm³/mol. The number of carbonyl (C=O) groups excluding carboxylic acids is 2. The molecule has 0 radical (unpaired) electrons. The molecule has 0 saturated heterocycles. The number of hydrogen-bond donors (Lipinski definition) is 1. The van der Waals surface area contributed by atoms with Gasteiger partial charge in [0.05, 0.1) is 10.7 Å². The summed E-state index contributed by atoms with van der Waals surface area (Å²) in [5.74, 6) is -3.15. The molecule has 1 N–H and O–H groups in total. The van der Waals surface area contributed by atoms with Crippen LogP contribution in [0.15, 0.2) is 60.8 Å². The Labute approximate surface area is 276 Å². The van der Waals surface area contributed by atoms with Crippen LogP contribution in [-0.4, -0.2) is 53.0 Å². The number of amides is 1. The molecule has 0 aliphatic rings. The second kappa shape index (κ2) is 13.6. The van der Waals surface area contributed by atoms with Gasteiger partial charge in [-0.3, -0.25) is 9.59 Å². The van der Waals surface area contributed by atoms with Gasteiger partial charge in [0, 0.05) is 29.7 Å². The van der Waals surface area contributed by atoms with Gasteiger partial charge in [0.15, 0.2) is 11.6 Å². The van der Waals surface area contributed by atoms with Gasteiger partial charge in [-0.05, 0) is 71.3 Å². The van der Waals surface area contributed by atoms with Crippen molar-refractivity contribution in [2.24, 2.45) is 0 Å². The highest BCUT2D eigenvalue weighted by Gasteiger charge is 2.37. The van der Waals surface area contributed by atoms with Gasteiger partial charge >= 0.3 is 12.5 Å². The van der Waals surface area contributed by atoms with Crippen LogP contribution in [0.5, 0.6) is 5.75 Å². The minimum atomic E-state index is -4.90. The van der Waals surface area contributed by atoms with E-state index < -0.39 is 42.3 Å². The number of halogens is 8. The SMILES string of the molecule is Cc1cc(Cl)cc(C(=O)NCc2cccc(OC(F)(F)F)c2)c1CC(=O)c1cc(Cn2nnc(C(F)(F)F)n2)nn1-c1ncccc1Cl. The van der Waals surface area contributed by atoms with E-state index in [-0.39, 0.29) is 51.3 Å². The summed E-state index contributed by atoms with van der Waals surface area (Å²) in [5, 5.41) is 16.9. The standard InChI is InChI=1S/C29H20Cl2F6N8O3/c1-15-8-17(30)10-21(26(47)39-13-16-4-2-5-19(9-16)48-29(35,36)37)20(15)12-24(46)23-11-18(14-44-42-27(40-43-44)28(32,33)34)41-45(23)25-22(31)6-3-7-38-25/h2-11H,12-14H2,1H3,(H,39,47). The number of nitrogens with one attached hydrogen (secondary N) is 1. The Morgan fingerprint density at radius 1 is 0.979 bits per heavy atom. The van der Waals surface area contributed by atoms with Crippen molar-refractivity contribution in [2.75, 3.05) is 0 Å². The Balaban J connectivity index is 1.43. The maximum absolute atomic E-state index is 13.9. The third-order valence-electron chi connectivity index (χ3n) is 6.60. The number of aryl methyl sites for hydroxylation is 1. The highest BCUT2D eigenvalue weighted by atomic mass is 35.5. The maximum atomic E-state index is 13.9.